The summed E-state index contributed by atoms with van der Waals surface area (Å²) in [4.78, 5) is 23.3. The molecule has 0 saturated heterocycles. The van der Waals surface area contributed by atoms with Gasteiger partial charge in [-0.25, -0.2) is 0 Å². The Labute approximate surface area is 122 Å². The maximum absolute atomic E-state index is 12.4. The first-order valence-electron chi connectivity index (χ1n) is 7.06. The predicted molar refractivity (Wildman–Crippen MR) is 75.7 cm³/mol. The van der Waals surface area contributed by atoms with Crippen molar-refractivity contribution in [3.63, 3.8) is 0 Å². The van der Waals surface area contributed by atoms with Crippen LogP contribution in [0.3, 0.4) is 0 Å². The molecule has 2 aliphatic rings. The van der Waals surface area contributed by atoms with Gasteiger partial charge in [-0.1, -0.05) is 36.4 Å². The molecule has 5 nitrogen and oxygen atoms in total. The topological polar surface area (TPSA) is 75.6 Å². The Balaban J connectivity index is 1.68. The van der Waals surface area contributed by atoms with Gasteiger partial charge in [0.15, 0.2) is 6.10 Å². The zero-order chi connectivity index (χ0) is 14.8. The molecule has 1 heterocycles. The molecule has 1 aromatic rings. The van der Waals surface area contributed by atoms with Gasteiger partial charge < -0.3 is 15.2 Å². The lowest BCUT2D eigenvalue weighted by atomic mass is 9.97. The number of carbonyl (C=O) groups excluding carboxylic acids is 1. The number of hydrogen-bond acceptors (Lipinski definition) is 3. The van der Waals surface area contributed by atoms with Crippen molar-refractivity contribution in [2.45, 2.75) is 25.0 Å². The second-order valence-corrected chi connectivity index (χ2v) is 5.38. The number of carbonyl (C=O) groups is 2. The van der Waals surface area contributed by atoms with Gasteiger partial charge in [-0.05, 0) is 24.0 Å². The normalized spacial score (nSPS) is 27.1. The molecule has 21 heavy (non-hydrogen) atoms. The van der Waals surface area contributed by atoms with Gasteiger partial charge in [0, 0.05) is 6.04 Å². The van der Waals surface area contributed by atoms with Crippen LogP contribution in [0.15, 0.2) is 36.4 Å². The fraction of sp³-hybridized carbons (Fsp3) is 0.375. The van der Waals surface area contributed by atoms with E-state index in [0.717, 1.165) is 17.5 Å². The van der Waals surface area contributed by atoms with Crippen molar-refractivity contribution in [1.82, 2.24) is 5.32 Å². The minimum Gasteiger partial charge on any atom is -0.481 e. The number of nitrogens with one attached hydrogen (secondary N) is 1. The number of aliphatic carboxylic acids is 1. The molecular weight excluding hydrogens is 270 g/mol. The van der Waals surface area contributed by atoms with E-state index in [4.69, 9.17) is 9.84 Å². The van der Waals surface area contributed by atoms with Crippen LogP contribution in [0.25, 0.3) is 0 Å². The van der Waals surface area contributed by atoms with Crippen molar-refractivity contribution < 1.29 is 19.4 Å². The lowest BCUT2D eigenvalue weighted by Crippen LogP contribution is -2.39. The Morgan fingerprint density at radius 3 is 2.81 bits per heavy atom. The SMILES string of the molecule is O=C(O)C1C=CC(NC(=O)C2OCCc3ccccc32)C1. The molecule has 1 amide bonds. The Morgan fingerprint density at radius 2 is 2.05 bits per heavy atom. The van der Waals surface area contributed by atoms with Crippen LogP contribution in [0.4, 0.5) is 0 Å². The summed E-state index contributed by atoms with van der Waals surface area (Å²) in [5.74, 6) is -1.58. The smallest absolute Gasteiger partial charge is 0.310 e. The van der Waals surface area contributed by atoms with Gasteiger partial charge in [-0.2, -0.15) is 0 Å². The highest BCUT2D eigenvalue weighted by atomic mass is 16.5. The summed E-state index contributed by atoms with van der Waals surface area (Å²) in [5, 5.41) is 11.8. The van der Waals surface area contributed by atoms with Crippen molar-refractivity contribution in [1.29, 1.82) is 0 Å². The van der Waals surface area contributed by atoms with E-state index in [1.807, 2.05) is 24.3 Å². The molecule has 0 aromatic heterocycles. The predicted octanol–water partition coefficient (Wildman–Crippen LogP) is 1.45. The van der Waals surface area contributed by atoms with Gasteiger partial charge in [-0.15, -0.1) is 0 Å². The van der Waals surface area contributed by atoms with Gasteiger partial charge in [0.1, 0.15) is 0 Å². The van der Waals surface area contributed by atoms with Crippen molar-refractivity contribution in [3.05, 3.63) is 47.5 Å². The molecule has 1 aliphatic heterocycles. The zero-order valence-corrected chi connectivity index (χ0v) is 11.5. The fourth-order valence-electron chi connectivity index (χ4n) is 2.86. The molecule has 0 radical (unpaired) electrons. The molecule has 1 aromatic carbocycles. The number of ether oxygens (including phenoxy) is 1. The van der Waals surface area contributed by atoms with Crippen LogP contribution < -0.4 is 5.32 Å². The minimum absolute atomic E-state index is 0.206. The third kappa shape index (κ3) is 2.83. The summed E-state index contributed by atoms with van der Waals surface area (Å²) >= 11 is 0. The number of fused-ring (bicyclic) bond motifs is 1. The average molecular weight is 287 g/mol. The van der Waals surface area contributed by atoms with Crippen LogP contribution in [0.2, 0.25) is 0 Å². The number of rotatable bonds is 3. The average Bonchev–Trinajstić information content (AvgIpc) is 2.95. The van der Waals surface area contributed by atoms with E-state index >= 15 is 0 Å². The van der Waals surface area contributed by atoms with Gasteiger partial charge >= 0.3 is 5.97 Å². The summed E-state index contributed by atoms with van der Waals surface area (Å²) in [5.41, 5.74) is 2.03. The highest BCUT2D eigenvalue weighted by Crippen LogP contribution is 2.28. The largest absolute Gasteiger partial charge is 0.481 e. The molecule has 3 rings (SSSR count). The summed E-state index contributed by atoms with van der Waals surface area (Å²) in [6, 6.07) is 7.52. The first kappa shape index (κ1) is 13.8. The first-order valence-corrected chi connectivity index (χ1v) is 7.06. The molecule has 0 saturated carbocycles. The van der Waals surface area contributed by atoms with Crippen LogP contribution >= 0.6 is 0 Å². The minimum atomic E-state index is -0.859. The van der Waals surface area contributed by atoms with Crippen LogP contribution in [0.5, 0.6) is 0 Å². The number of carboxylic acids is 1. The maximum Gasteiger partial charge on any atom is 0.310 e. The van der Waals surface area contributed by atoms with E-state index in [-0.39, 0.29) is 11.9 Å². The van der Waals surface area contributed by atoms with Crippen LogP contribution in [-0.4, -0.2) is 29.6 Å². The number of hydrogen-bond donors (Lipinski definition) is 2. The Morgan fingerprint density at radius 1 is 1.24 bits per heavy atom. The Kier molecular flexibility index (Phi) is 3.75. The summed E-state index contributed by atoms with van der Waals surface area (Å²) in [7, 11) is 0. The molecule has 5 heteroatoms. The van der Waals surface area contributed by atoms with Gasteiger partial charge in [-0.3, -0.25) is 9.59 Å². The monoisotopic (exact) mass is 287 g/mol. The standard InChI is InChI=1S/C16H17NO4/c18-15(17-12-6-5-11(9-12)16(19)20)14-13-4-2-1-3-10(13)7-8-21-14/h1-6,11-12,14H,7-9H2,(H,17,18)(H,19,20). The van der Waals surface area contributed by atoms with E-state index in [1.165, 1.54) is 0 Å². The van der Waals surface area contributed by atoms with Crippen LogP contribution in [0, 0.1) is 5.92 Å². The summed E-state index contributed by atoms with van der Waals surface area (Å²) in [6.07, 6.45) is 3.97. The van der Waals surface area contributed by atoms with Crippen LogP contribution in [-0.2, 0) is 20.7 Å². The molecule has 0 fully saturated rings. The maximum atomic E-state index is 12.4. The molecule has 3 unspecified atom stereocenters. The molecule has 0 bridgehead atoms. The molecule has 0 spiro atoms. The van der Waals surface area contributed by atoms with Crippen LogP contribution in [0.1, 0.15) is 23.7 Å². The van der Waals surface area contributed by atoms with E-state index in [1.54, 1.807) is 12.2 Å². The van der Waals surface area contributed by atoms with Gasteiger partial charge in [0.05, 0.1) is 12.5 Å². The van der Waals surface area contributed by atoms with Crippen molar-refractivity contribution >= 4 is 11.9 Å². The van der Waals surface area contributed by atoms with Crippen molar-refractivity contribution in [2.24, 2.45) is 5.92 Å². The second-order valence-electron chi connectivity index (χ2n) is 5.38. The number of carboxylic acid groups (broad SMARTS) is 1. The Bertz CT molecular complexity index is 596. The van der Waals surface area contributed by atoms with E-state index in [0.29, 0.717) is 13.0 Å². The third-order valence-electron chi connectivity index (χ3n) is 3.96. The first-order chi connectivity index (χ1) is 10.1. The summed E-state index contributed by atoms with van der Waals surface area (Å²) in [6.45, 7) is 0.521. The third-order valence-corrected chi connectivity index (χ3v) is 3.96. The van der Waals surface area contributed by atoms with E-state index < -0.39 is 18.0 Å². The molecular formula is C16H17NO4. The summed E-state index contributed by atoms with van der Waals surface area (Å²) < 4.78 is 5.60. The van der Waals surface area contributed by atoms with Gasteiger partial charge in [0.25, 0.3) is 5.91 Å². The Hall–Kier alpha value is -2.14. The quantitative estimate of drug-likeness (QED) is 0.825. The van der Waals surface area contributed by atoms with Crippen molar-refractivity contribution in [3.8, 4) is 0 Å². The molecule has 2 N–H and O–H groups in total. The zero-order valence-electron chi connectivity index (χ0n) is 11.5. The molecule has 3 atom stereocenters. The van der Waals surface area contributed by atoms with Gasteiger partial charge in [0.2, 0.25) is 0 Å². The highest BCUT2D eigenvalue weighted by molar-refractivity contribution is 5.83. The number of amides is 1. The van der Waals surface area contributed by atoms with Crippen molar-refractivity contribution in [2.75, 3.05) is 6.61 Å². The fourth-order valence-corrected chi connectivity index (χ4v) is 2.86. The van der Waals surface area contributed by atoms with E-state index in [9.17, 15) is 9.59 Å². The molecule has 110 valence electrons. The second kappa shape index (κ2) is 5.69. The lowest BCUT2D eigenvalue weighted by molar-refractivity contribution is -0.140. The number of benzene rings is 1. The lowest BCUT2D eigenvalue weighted by Gasteiger charge is -2.26. The highest BCUT2D eigenvalue weighted by Gasteiger charge is 2.31. The van der Waals surface area contributed by atoms with E-state index in [2.05, 4.69) is 5.32 Å². The molecule has 1 aliphatic carbocycles.